The lowest BCUT2D eigenvalue weighted by Crippen LogP contribution is -2.09. The molecule has 0 saturated carbocycles. The Bertz CT molecular complexity index is 459. The molecule has 0 heterocycles. The second-order valence-corrected chi connectivity index (χ2v) is 5.46. The third kappa shape index (κ3) is 2.47. The lowest BCUT2D eigenvalue weighted by Gasteiger charge is -2.06. The van der Waals surface area contributed by atoms with E-state index >= 15 is 0 Å². The van der Waals surface area contributed by atoms with Crippen molar-refractivity contribution in [1.29, 1.82) is 5.26 Å². The van der Waals surface area contributed by atoms with Gasteiger partial charge in [-0.3, -0.25) is 0 Å². The normalized spacial score (nSPS) is 13.2. The molecule has 74 valence electrons. The Morgan fingerprint density at radius 2 is 1.86 bits per heavy atom. The van der Waals surface area contributed by atoms with Crippen LogP contribution in [0.5, 0.6) is 0 Å². The van der Waals surface area contributed by atoms with E-state index in [1.54, 1.807) is 18.2 Å². The summed E-state index contributed by atoms with van der Waals surface area (Å²) in [5.74, 6) is 0. The number of benzene rings is 1. The first-order valence-corrected chi connectivity index (χ1v) is 6.12. The Kier molecular flexibility index (Phi) is 3.14. The molecule has 0 N–H and O–H groups in total. The van der Waals surface area contributed by atoms with Crippen LogP contribution in [0.25, 0.3) is 0 Å². The minimum atomic E-state index is -3.39. The summed E-state index contributed by atoms with van der Waals surface area (Å²) in [7, 11) is -3.39. The SMILES string of the molecule is CS(=O)(=O)C(C#N)c1ccc(Cl)cc1. The number of sulfone groups is 1. The van der Waals surface area contributed by atoms with Gasteiger partial charge in [0.2, 0.25) is 0 Å². The highest BCUT2D eigenvalue weighted by Crippen LogP contribution is 2.22. The van der Waals surface area contributed by atoms with Crippen LogP contribution < -0.4 is 0 Å². The van der Waals surface area contributed by atoms with E-state index in [0.29, 0.717) is 10.6 Å². The molecule has 1 atom stereocenters. The summed E-state index contributed by atoms with van der Waals surface area (Å²) < 4.78 is 22.4. The molecule has 0 fully saturated rings. The molecular formula is C9H8ClNO2S. The van der Waals surface area contributed by atoms with Gasteiger partial charge < -0.3 is 0 Å². The largest absolute Gasteiger partial charge is 0.227 e. The Labute approximate surface area is 87.8 Å². The predicted molar refractivity (Wildman–Crippen MR) is 54.6 cm³/mol. The monoisotopic (exact) mass is 229 g/mol. The molecule has 0 saturated heterocycles. The van der Waals surface area contributed by atoms with Crippen molar-refractivity contribution in [3.05, 3.63) is 34.9 Å². The van der Waals surface area contributed by atoms with Crippen LogP contribution in [0.15, 0.2) is 24.3 Å². The predicted octanol–water partition coefficient (Wildman–Crippen LogP) is 1.95. The molecule has 1 unspecified atom stereocenters. The lowest BCUT2D eigenvalue weighted by molar-refractivity contribution is 0.597. The fourth-order valence-electron chi connectivity index (χ4n) is 1.06. The molecule has 0 aromatic heterocycles. The molecule has 1 aromatic carbocycles. The first-order valence-electron chi connectivity index (χ1n) is 3.79. The van der Waals surface area contributed by atoms with Gasteiger partial charge >= 0.3 is 0 Å². The third-order valence-corrected chi connectivity index (χ3v) is 3.20. The Hall–Kier alpha value is -1.05. The van der Waals surface area contributed by atoms with E-state index in [-0.39, 0.29) is 0 Å². The van der Waals surface area contributed by atoms with E-state index in [1.165, 1.54) is 12.1 Å². The van der Waals surface area contributed by atoms with Crippen molar-refractivity contribution in [2.45, 2.75) is 5.25 Å². The van der Waals surface area contributed by atoms with Crippen molar-refractivity contribution in [2.24, 2.45) is 0 Å². The van der Waals surface area contributed by atoms with Crippen molar-refractivity contribution in [3.8, 4) is 6.07 Å². The van der Waals surface area contributed by atoms with Gasteiger partial charge in [-0.05, 0) is 17.7 Å². The summed E-state index contributed by atoms with van der Waals surface area (Å²) in [6.45, 7) is 0. The fourth-order valence-corrected chi connectivity index (χ4v) is 2.02. The maximum atomic E-state index is 11.2. The van der Waals surface area contributed by atoms with E-state index in [1.807, 2.05) is 0 Å². The van der Waals surface area contributed by atoms with Crippen LogP contribution in [0, 0.1) is 11.3 Å². The van der Waals surface area contributed by atoms with Crippen LogP contribution in [0.4, 0.5) is 0 Å². The number of hydrogen-bond donors (Lipinski definition) is 0. The van der Waals surface area contributed by atoms with Gasteiger partial charge in [-0.1, -0.05) is 23.7 Å². The average Bonchev–Trinajstić information content (AvgIpc) is 2.07. The second kappa shape index (κ2) is 3.99. The highest BCUT2D eigenvalue weighted by atomic mass is 35.5. The van der Waals surface area contributed by atoms with Crippen LogP contribution in [-0.4, -0.2) is 14.7 Å². The van der Waals surface area contributed by atoms with Gasteiger partial charge in [-0.15, -0.1) is 0 Å². The highest BCUT2D eigenvalue weighted by Gasteiger charge is 2.21. The van der Waals surface area contributed by atoms with E-state index in [4.69, 9.17) is 16.9 Å². The van der Waals surface area contributed by atoms with Gasteiger partial charge in [-0.25, -0.2) is 8.42 Å². The Morgan fingerprint density at radius 1 is 1.36 bits per heavy atom. The molecule has 0 bridgehead atoms. The third-order valence-electron chi connectivity index (χ3n) is 1.72. The zero-order valence-electron chi connectivity index (χ0n) is 7.44. The molecule has 0 aliphatic rings. The molecule has 3 nitrogen and oxygen atoms in total. The number of nitriles is 1. The van der Waals surface area contributed by atoms with Crippen molar-refractivity contribution in [3.63, 3.8) is 0 Å². The van der Waals surface area contributed by atoms with Gasteiger partial charge in [0.05, 0.1) is 6.07 Å². The van der Waals surface area contributed by atoms with Crippen LogP contribution in [-0.2, 0) is 9.84 Å². The van der Waals surface area contributed by atoms with E-state index in [2.05, 4.69) is 0 Å². The number of rotatable bonds is 2. The van der Waals surface area contributed by atoms with Gasteiger partial charge in [0.15, 0.2) is 15.1 Å². The van der Waals surface area contributed by atoms with Crippen molar-refractivity contribution >= 4 is 21.4 Å². The summed E-state index contributed by atoms with van der Waals surface area (Å²) in [5, 5.41) is 8.12. The average molecular weight is 230 g/mol. The molecule has 1 rings (SSSR count). The first-order chi connectivity index (χ1) is 6.45. The van der Waals surface area contributed by atoms with E-state index < -0.39 is 15.1 Å². The lowest BCUT2D eigenvalue weighted by atomic mass is 10.2. The van der Waals surface area contributed by atoms with Crippen molar-refractivity contribution in [1.82, 2.24) is 0 Å². The second-order valence-electron chi connectivity index (χ2n) is 2.89. The topological polar surface area (TPSA) is 57.9 Å². The first kappa shape index (κ1) is 11.0. The fraction of sp³-hybridized carbons (Fsp3) is 0.222. The maximum Gasteiger partial charge on any atom is 0.172 e. The molecular weight excluding hydrogens is 222 g/mol. The quantitative estimate of drug-likeness (QED) is 0.779. The molecule has 14 heavy (non-hydrogen) atoms. The van der Waals surface area contributed by atoms with Gasteiger partial charge in [0.1, 0.15) is 0 Å². The molecule has 0 spiro atoms. The number of nitrogens with zero attached hydrogens (tertiary/aromatic N) is 1. The van der Waals surface area contributed by atoms with Crippen LogP contribution in [0.2, 0.25) is 5.02 Å². The van der Waals surface area contributed by atoms with Crippen LogP contribution in [0.1, 0.15) is 10.8 Å². The molecule has 0 amide bonds. The van der Waals surface area contributed by atoms with E-state index in [0.717, 1.165) is 6.26 Å². The maximum absolute atomic E-state index is 11.2. The summed E-state index contributed by atoms with van der Waals surface area (Å²) in [4.78, 5) is 0. The Balaban J connectivity index is 3.17. The Morgan fingerprint density at radius 3 is 2.21 bits per heavy atom. The van der Waals surface area contributed by atoms with Crippen molar-refractivity contribution < 1.29 is 8.42 Å². The molecule has 5 heteroatoms. The van der Waals surface area contributed by atoms with Gasteiger partial charge in [0, 0.05) is 11.3 Å². The molecule has 0 radical (unpaired) electrons. The van der Waals surface area contributed by atoms with Gasteiger partial charge in [-0.2, -0.15) is 5.26 Å². The van der Waals surface area contributed by atoms with Crippen LogP contribution in [0.3, 0.4) is 0 Å². The van der Waals surface area contributed by atoms with Crippen LogP contribution >= 0.6 is 11.6 Å². The van der Waals surface area contributed by atoms with Crippen molar-refractivity contribution in [2.75, 3.05) is 6.26 Å². The summed E-state index contributed by atoms with van der Waals surface area (Å²) in [5.41, 5.74) is 0.444. The highest BCUT2D eigenvalue weighted by molar-refractivity contribution is 7.91. The number of hydrogen-bond acceptors (Lipinski definition) is 3. The zero-order valence-corrected chi connectivity index (χ0v) is 9.01. The number of halogens is 1. The summed E-state index contributed by atoms with van der Waals surface area (Å²) >= 11 is 5.64. The minimum absolute atomic E-state index is 0.444. The molecule has 0 aliphatic carbocycles. The summed E-state index contributed by atoms with van der Waals surface area (Å²) in [6, 6.07) is 7.95. The standard InChI is InChI=1S/C9H8ClNO2S/c1-14(12,13)9(6-11)7-2-4-8(10)5-3-7/h2-5,9H,1H3. The van der Waals surface area contributed by atoms with Gasteiger partial charge in [0.25, 0.3) is 0 Å². The molecule has 1 aromatic rings. The molecule has 0 aliphatic heterocycles. The summed E-state index contributed by atoms with van der Waals surface area (Å²) in [6.07, 6.45) is 1.04. The zero-order chi connectivity index (χ0) is 10.8. The minimum Gasteiger partial charge on any atom is -0.227 e. The van der Waals surface area contributed by atoms with E-state index in [9.17, 15) is 8.42 Å². The smallest absolute Gasteiger partial charge is 0.172 e.